The second-order valence-electron chi connectivity index (χ2n) is 6.97. The second kappa shape index (κ2) is 6.99. The van der Waals surface area contributed by atoms with Crippen LogP contribution < -0.4 is 10.1 Å². The summed E-state index contributed by atoms with van der Waals surface area (Å²) in [6.45, 7) is 0.725. The number of fused-ring (bicyclic) bond motifs is 1. The number of nitrogens with zero attached hydrogens (tertiary/aromatic N) is 3. The fourth-order valence-electron chi connectivity index (χ4n) is 4.09. The minimum atomic E-state index is -0.809. The van der Waals surface area contributed by atoms with Gasteiger partial charge in [-0.3, -0.25) is 4.79 Å². The number of halogens is 1. The maximum absolute atomic E-state index is 14.3. The molecule has 1 aliphatic heterocycles. The van der Waals surface area contributed by atoms with Crippen molar-refractivity contribution in [3.63, 3.8) is 0 Å². The van der Waals surface area contributed by atoms with E-state index in [2.05, 4.69) is 25.9 Å². The van der Waals surface area contributed by atoms with Crippen molar-refractivity contribution in [2.24, 2.45) is 11.8 Å². The van der Waals surface area contributed by atoms with Gasteiger partial charge in [-0.2, -0.15) is 0 Å². The predicted molar refractivity (Wildman–Crippen MR) is 88.9 cm³/mol. The van der Waals surface area contributed by atoms with Crippen molar-refractivity contribution in [1.29, 1.82) is 0 Å². The van der Waals surface area contributed by atoms with Crippen molar-refractivity contribution in [3.8, 4) is 17.1 Å². The average molecular weight is 361 g/mol. The van der Waals surface area contributed by atoms with E-state index >= 15 is 0 Å². The fraction of sp³-hybridized carbons (Fsp3) is 0.529. The van der Waals surface area contributed by atoms with Crippen LogP contribution in [0.3, 0.4) is 0 Å². The maximum atomic E-state index is 14.3. The van der Waals surface area contributed by atoms with Crippen LogP contribution in [0.5, 0.6) is 5.75 Å². The van der Waals surface area contributed by atoms with E-state index in [-0.39, 0.29) is 17.5 Å². The molecule has 26 heavy (non-hydrogen) atoms. The van der Waals surface area contributed by atoms with Crippen molar-refractivity contribution < 1.29 is 19.0 Å². The minimum absolute atomic E-state index is 0.0831. The Balaban J connectivity index is 1.50. The number of hydrogen-bond acceptors (Lipinski definition) is 6. The summed E-state index contributed by atoms with van der Waals surface area (Å²) in [5, 5.41) is 25.7. The van der Waals surface area contributed by atoms with Crippen molar-refractivity contribution in [3.05, 3.63) is 24.0 Å². The topological polar surface area (TPSA) is 113 Å². The number of tetrazole rings is 1. The van der Waals surface area contributed by atoms with Gasteiger partial charge < -0.3 is 15.2 Å². The van der Waals surface area contributed by atoms with Crippen molar-refractivity contribution in [2.45, 2.75) is 37.8 Å². The number of ether oxygens (including phenoxy) is 1. The largest absolute Gasteiger partial charge is 0.490 e. The monoisotopic (exact) mass is 361 g/mol. The number of piperidine rings is 1. The molecule has 8 nitrogen and oxygen atoms in total. The molecule has 2 fully saturated rings. The molecule has 2 aliphatic rings. The Morgan fingerprint density at radius 2 is 2.15 bits per heavy atom. The van der Waals surface area contributed by atoms with E-state index < -0.39 is 17.8 Å². The van der Waals surface area contributed by atoms with Crippen LogP contribution in [0, 0.1) is 17.7 Å². The first-order chi connectivity index (χ1) is 12.6. The van der Waals surface area contributed by atoms with E-state index in [4.69, 9.17) is 4.74 Å². The number of aliphatic carboxylic acids is 1. The number of H-pyrrole nitrogens is 1. The van der Waals surface area contributed by atoms with E-state index in [1.807, 2.05) is 0 Å². The highest BCUT2D eigenvalue weighted by Gasteiger charge is 2.38. The van der Waals surface area contributed by atoms with Crippen LogP contribution >= 0.6 is 0 Å². The molecule has 0 bridgehead atoms. The number of rotatable bonds is 4. The van der Waals surface area contributed by atoms with Gasteiger partial charge in [0.15, 0.2) is 5.82 Å². The van der Waals surface area contributed by atoms with Crippen molar-refractivity contribution >= 4 is 5.97 Å². The van der Waals surface area contributed by atoms with Crippen molar-refractivity contribution in [2.75, 3.05) is 6.54 Å². The Bertz CT molecular complexity index is 785. The molecule has 138 valence electrons. The van der Waals surface area contributed by atoms with Crippen LogP contribution in [-0.4, -0.2) is 50.4 Å². The molecule has 0 unspecified atom stereocenters. The molecular weight excluding hydrogens is 341 g/mol. The van der Waals surface area contributed by atoms with Gasteiger partial charge in [-0.15, -0.1) is 5.10 Å². The van der Waals surface area contributed by atoms with E-state index in [0.29, 0.717) is 24.0 Å². The molecule has 9 heteroatoms. The molecule has 2 aromatic rings. The van der Waals surface area contributed by atoms with E-state index in [1.165, 1.54) is 6.07 Å². The van der Waals surface area contributed by atoms with E-state index in [9.17, 15) is 14.3 Å². The molecule has 3 N–H and O–H groups in total. The van der Waals surface area contributed by atoms with Gasteiger partial charge in [0, 0.05) is 0 Å². The summed E-state index contributed by atoms with van der Waals surface area (Å²) in [7, 11) is 0. The first kappa shape index (κ1) is 16.9. The maximum Gasteiger partial charge on any atom is 0.320 e. The molecule has 1 aliphatic carbocycles. The summed E-state index contributed by atoms with van der Waals surface area (Å²) in [6, 6.07) is 4.13. The highest BCUT2D eigenvalue weighted by Crippen LogP contribution is 2.39. The zero-order valence-corrected chi connectivity index (χ0v) is 14.1. The summed E-state index contributed by atoms with van der Waals surface area (Å²) in [5.41, 5.74) is 0.216. The molecule has 0 amide bonds. The van der Waals surface area contributed by atoms with Crippen LogP contribution in [0.15, 0.2) is 18.2 Å². The minimum Gasteiger partial charge on any atom is -0.490 e. The van der Waals surface area contributed by atoms with Gasteiger partial charge in [0.1, 0.15) is 17.6 Å². The first-order valence-corrected chi connectivity index (χ1v) is 8.77. The predicted octanol–water partition coefficient (Wildman–Crippen LogP) is 1.62. The van der Waals surface area contributed by atoms with Gasteiger partial charge in [0.2, 0.25) is 0 Å². The Morgan fingerprint density at radius 3 is 2.92 bits per heavy atom. The average Bonchev–Trinajstić information content (AvgIpc) is 3.15. The van der Waals surface area contributed by atoms with Crippen molar-refractivity contribution in [1.82, 2.24) is 25.9 Å². The fourth-order valence-corrected chi connectivity index (χ4v) is 4.09. The number of carboxylic acids is 1. The third kappa shape index (κ3) is 3.26. The number of benzene rings is 1. The summed E-state index contributed by atoms with van der Waals surface area (Å²) >= 11 is 0. The zero-order chi connectivity index (χ0) is 18.1. The summed E-state index contributed by atoms with van der Waals surface area (Å²) < 4.78 is 20.4. The quantitative estimate of drug-likeness (QED) is 0.758. The number of carbonyl (C=O) groups is 1. The Hall–Kier alpha value is -2.55. The number of aromatic nitrogens is 4. The Kier molecular flexibility index (Phi) is 4.54. The van der Waals surface area contributed by atoms with E-state index in [1.54, 1.807) is 12.1 Å². The van der Waals surface area contributed by atoms with E-state index in [0.717, 1.165) is 25.8 Å². The number of nitrogens with one attached hydrogen (secondary N) is 2. The van der Waals surface area contributed by atoms with Gasteiger partial charge in [-0.05, 0) is 66.6 Å². The van der Waals surface area contributed by atoms with Crippen LogP contribution in [0.2, 0.25) is 0 Å². The lowest BCUT2D eigenvalue weighted by atomic mass is 9.72. The summed E-state index contributed by atoms with van der Waals surface area (Å²) in [4.78, 5) is 11.3. The molecule has 4 rings (SSSR count). The molecular formula is C17H20FN5O3. The van der Waals surface area contributed by atoms with Gasteiger partial charge in [-0.1, -0.05) is 6.07 Å². The number of aromatic amines is 1. The molecule has 2 heterocycles. The molecule has 4 atom stereocenters. The zero-order valence-electron chi connectivity index (χ0n) is 14.1. The summed E-state index contributed by atoms with van der Waals surface area (Å²) in [6.07, 6.45) is 3.09. The number of hydrogen-bond donors (Lipinski definition) is 3. The molecule has 0 radical (unpaired) electrons. The molecule has 1 saturated heterocycles. The molecule has 1 aromatic carbocycles. The van der Waals surface area contributed by atoms with Gasteiger partial charge in [-0.25, -0.2) is 9.49 Å². The first-order valence-electron chi connectivity index (χ1n) is 8.77. The third-order valence-electron chi connectivity index (χ3n) is 5.41. The normalized spacial score (nSPS) is 28.3. The number of carboxylic acid groups (broad SMARTS) is 1. The van der Waals surface area contributed by atoms with Crippen LogP contribution in [0.25, 0.3) is 11.4 Å². The Morgan fingerprint density at radius 1 is 1.27 bits per heavy atom. The van der Waals surface area contributed by atoms with Gasteiger partial charge >= 0.3 is 5.97 Å². The second-order valence-corrected chi connectivity index (χ2v) is 6.97. The van der Waals surface area contributed by atoms with Gasteiger partial charge in [0.05, 0.1) is 11.7 Å². The molecule has 0 spiro atoms. The lowest BCUT2D eigenvalue weighted by molar-refractivity contribution is -0.141. The molecule has 1 aromatic heterocycles. The summed E-state index contributed by atoms with van der Waals surface area (Å²) in [5.74, 6) is 0.116. The standard InChI is InChI=1S/C17H20FN5O3/c18-12-2-1-3-14(15(12)16-20-22-23-21-16)26-11-5-4-9-8-19-13(17(24)25)7-10(9)6-11/h1-3,9-11,13,19H,4-8H2,(H,24,25)(H,20,21,22,23)/t9-,10+,11-,13-/m0/s1. The lowest BCUT2D eigenvalue weighted by Crippen LogP contribution is -2.50. The van der Waals surface area contributed by atoms with Crippen LogP contribution in [-0.2, 0) is 4.79 Å². The molecule has 1 saturated carbocycles. The third-order valence-corrected chi connectivity index (χ3v) is 5.41. The lowest BCUT2D eigenvalue weighted by Gasteiger charge is -2.41. The highest BCUT2D eigenvalue weighted by atomic mass is 19.1. The van der Waals surface area contributed by atoms with Crippen LogP contribution in [0.4, 0.5) is 4.39 Å². The van der Waals surface area contributed by atoms with Crippen LogP contribution in [0.1, 0.15) is 25.7 Å². The highest BCUT2D eigenvalue weighted by molar-refractivity contribution is 5.73. The smallest absolute Gasteiger partial charge is 0.320 e. The van der Waals surface area contributed by atoms with Gasteiger partial charge in [0.25, 0.3) is 0 Å². The SMILES string of the molecule is O=C(O)[C@@H]1C[C@H]2C[C@@H](Oc3cccc(F)c3-c3nnn[nH]3)CC[C@H]2CN1. The Labute approximate surface area is 149 Å².